The zero-order valence-corrected chi connectivity index (χ0v) is 10.5. The zero-order chi connectivity index (χ0) is 12.2. The summed E-state index contributed by atoms with van der Waals surface area (Å²) < 4.78 is 5.68. The van der Waals surface area contributed by atoms with Crippen LogP contribution in [0.3, 0.4) is 0 Å². The third kappa shape index (κ3) is 3.23. The monoisotopic (exact) mass is 226 g/mol. The smallest absolute Gasteiger partial charge is 0.318 e. The first-order valence-electron chi connectivity index (χ1n) is 5.82. The molecule has 1 N–H and O–H groups in total. The van der Waals surface area contributed by atoms with E-state index in [0.717, 1.165) is 6.42 Å². The van der Waals surface area contributed by atoms with Gasteiger partial charge in [-0.15, -0.1) is 6.58 Å². The second kappa shape index (κ2) is 5.34. The van der Waals surface area contributed by atoms with Crippen molar-refractivity contribution >= 4 is 6.03 Å². The number of carbonyl (C=O) groups is 1. The molecule has 0 radical (unpaired) electrons. The number of morpholine rings is 1. The maximum absolute atomic E-state index is 11.9. The minimum atomic E-state index is -0.201. The molecule has 0 aromatic rings. The molecule has 2 amide bonds. The van der Waals surface area contributed by atoms with E-state index < -0.39 is 0 Å². The second-order valence-electron chi connectivity index (χ2n) is 4.55. The molecule has 0 spiro atoms. The van der Waals surface area contributed by atoms with Crippen LogP contribution in [0.25, 0.3) is 0 Å². The van der Waals surface area contributed by atoms with Crippen molar-refractivity contribution in [2.75, 3.05) is 19.7 Å². The lowest BCUT2D eigenvalue weighted by molar-refractivity contribution is -0.0873. The van der Waals surface area contributed by atoms with E-state index in [9.17, 15) is 4.79 Å². The summed E-state index contributed by atoms with van der Waals surface area (Å²) in [4.78, 5) is 13.7. The van der Waals surface area contributed by atoms with E-state index in [1.165, 1.54) is 0 Å². The molecular weight excluding hydrogens is 204 g/mol. The van der Waals surface area contributed by atoms with Crippen LogP contribution in [-0.2, 0) is 4.74 Å². The third-order valence-electron chi connectivity index (χ3n) is 3.08. The largest absolute Gasteiger partial charge is 0.372 e. The molecule has 2 atom stereocenters. The van der Waals surface area contributed by atoms with Crippen LogP contribution in [0.5, 0.6) is 0 Å². The van der Waals surface area contributed by atoms with Gasteiger partial charge in [0.1, 0.15) is 0 Å². The minimum Gasteiger partial charge on any atom is -0.372 e. The van der Waals surface area contributed by atoms with Crippen molar-refractivity contribution in [3.63, 3.8) is 0 Å². The third-order valence-corrected chi connectivity index (χ3v) is 3.08. The Morgan fingerprint density at radius 3 is 3.00 bits per heavy atom. The van der Waals surface area contributed by atoms with Crippen LogP contribution in [0.2, 0.25) is 0 Å². The highest BCUT2D eigenvalue weighted by Crippen LogP contribution is 2.20. The second-order valence-corrected chi connectivity index (χ2v) is 4.55. The molecule has 1 aliphatic heterocycles. The number of carbonyl (C=O) groups excluding carboxylic acids is 1. The molecule has 92 valence electrons. The molecule has 0 bridgehead atoms. The van der Waals surface area contributed by atoms with Crippen LogP contribution in [0.4, 0.5) is 4.79 Å². The molecule has 0 unspecified atom stereocenters. The normalized spacial score (nSPS) is 27.3. The predicted molar refractivity (Wildman–Crippen MR) is 64.4 cm³/mol. The van der Waals surface area contributed by atoms with Crippen molar-refractivity contribution in [3.8, 4) is 0 Å². The van der Waals surface area contributed by atoms with Gasteiger partial charge < -0.3 is 15.0 Å². The summed E-state index contributed by atoms with van der Waals surface area (Å²) >= 11 is 0. The van der Waals surface area contributed by atoms with Crippen LogP contribution >= 0.6 is 0 Å². The average molecular weight is 226 g/mol. The lowest BCUT2D eigenvalue weighted by Crippen LogP contribution is -2.55. The Kier molecular flexibility index (Phi) is 4.35. The summed E-state index contributed by atoms with van der Waals surface area (Å²) in [6.07, 6.45) is 2.63. The minimum absolute atomic E-state index is 0.00299. The molecule has 1 rings (SSSR count). The van der Waals surface area contributed by atoms with Gasteiger partial charge in [0.05, 0.1) is 18.8 Å². The first kappa shape index (κ1) is 13.0. The quantitative estimate of drug-likeness (QED) is 0.745. The van der Waals surface area contributed by atoms with Crippen LogP contribution in [-0.4, -0.2) is 42.3 Å². The average Bonchev–Trinajstić information content (AvgIpc) is 2.29. The van der Waals surface area contributed by atoms with E-state index in [1.807, 2.05) is 18.7 Å². The Morgan fingerprint density at radius 1 is 1.75 bits per heavy atom. The van der Waals surface area contributed by atoms with Gasteiger partial charge in [-0.3, -0.25) is 0 Å². The van der Waals surface area contributed by atoms with E-state index in [-0.39, 0.29) is 17.7 Å². The summed E-state index contributed by atoms with van der Waals surface area (Å²) in [7, 11) is 0. The summed E-state index contributed by atoms with van der Waals surface area (Å²) in [5, 5.41) is 2.87. The summed E-state index contributed by atoms with van der Waals surface area (Å²) in [5.74, 6) is 0. The lowest BCUT2D eigenvalue weighted by Gasteiger charge is -2.40. The van der Waals surface area contributed by atoms with E-state index >= 15 is 0 Å². The van der Waals surface area contributed by atoms with Gasteiger partial charge in [-0.2, -0.15) is 0 Å². The molecule has 16 heavy (non-hydrogen) atoms. The highest BCUT2D eigenvalue weighted by Gasteiger charge is 2.32. The van der Waals surface area contributed by atoms with Crippen molar-refractivity contribution in [1.29, 1.82) is 0 Å². The van der Waals surface area contributed by atoms with Gasteiger partial charge in [0.25, 0.3) is 0 Å². The first-order chi connectivity index (χ1) is 7.50. The lowest BCUT2D eigenvalue weighted by atomic mass is 10.0. The molecule has 0 aliphatic carbocycles. The molecule has 0 aromatic carbocycles. The maximum Gasteiger partial charge on any atom is 0.318 e. The highest BCUT2D eigenvalue weighted by atomic mass is 16.5. The molecule has 1 heterocycles. The maximum atomic E-state index is 11.9. The number of nitrogens with zero attached hydrogens (tertiary/aromatic N) is 1. The Balaban J connectivity index is 2.53. The Labute approximate surface area is 97.6 Å². The molecular formula is C12H22N2O2. The van der Waals surface area contributed by atoms with E-state index in [0.29, 0.717) is 19.7 Å². The van der Waals surface area contributed by atoms with E-state index in [4.69, 9.17) is 4.74 Å². The molecule has 1 aliphatic rings. The summed E-state index contributed by atoms with van der Waals surface area (Å²) in [6.45, 7) is 11.6. The van der Waals surface area contributed by atoms with Gasteiger partial charge in [0.15, 0.2) is 0 Å². The Bertz CT molecular complexity index is 268. The van der Waals surface area contributed by atoms with Gasteiger partial charge in [0, 0.05) is 12.6 Å². The van der Waals surface area contributed by atoms with Crippen LogP contribution in [0, 0.1) is 0 Å². The van der Waals surface area contributed by atoms with Gasteiger partial charge in [0.2, 0.25) is 0 Å². The van der Waals surface area contributed by atoms with Gasteiger partial charge in [-0.1, -0.05) is 13.0 Å². The van der Waals surface area contributed by atoms with Crippen LogP contribution < -0.4 is 5.32 Å². The highest BCUT2D eigenvalue weighted by molar-refractivity contribution is 5.74. The number of hydrogen-bond acceptors (Lipinski definition) is 2. The van der Waals surface area contributed by atoms with Crippen molar-refractivity contribution in [3.05, 3.63) is 12.7 Å². The molecule has 4 heteroatoms. The zero-order valence-electron chi connectivity index (χ0n) is 10.5. The fourth-order valence-electron chi connectivity index (χ4n) is 1.66. The SMILES string of the molecule is C=C[C@H](C)NC(=O)N1CCO[C@](C)(CC)C1. The van der Waals surface area contributed by atoms with Crippen LogP contribution in [0.1, 0.15) is 27.2 Å². The number of urea groups is 1. The Hall–Kier alpha value is -1.03. The van der Waals surface area contributed by atoms with Crippen molar-refractivity contribution < 1.29 is 9.53 Å². The molecule has 4 nitrogen and oxygen atoms in total. The number of amides is 2. The molecule has 1 saturated heterocycles. The van der Waals surface area contributed by atoms with Crippen molar-refractivity contribution in [2.24, 2.45) is 0 Å². The predicted octanol–water partition coefficient (Wildman–Crippen LogP) is 1.77. The number of hydrogen-bond donors (Lipinski definition) is 1. The number of rotatable bonds is 3. The van der Waals surface area contributed by atoms with E-state index in [2.05, 4.69) is 18.8 Å². The van der Waals surface area contributed by atoms with Gasteiger partial charge >= 0.3 is 6.03 Å². The fourth-order valence-corrected chi connectivity index (χ4v) is 1.66. The van der Waals surface area contributed by atoms with E-state index in [1.54, 1.807) is 6.08 Å². The summed E-state index contributed by atoms with van der Waals surface area (Å²) in [6, 6.07) is -0.0291. The molecule has 0 aromatic heterocycles. The fraction of sp³-hybridized carbons (Fsp3) is 0.750. The number of nitrogens with one attached hydrogen (secondary N) is 1. The van der Waals surface area contributed by atoms with Crippen molar-refractivity contribution in [1.82, 2.24) is 10.2 Å². The summed E-state index contributed by atoms with van der Waals surface area (Å²) in [5.41, 5.74) is -0.201. The van der Waals surface area contributed by atoms with Crippen LogP contribution in [0.15, 0.2) is 12.7 Å². The number of ether oxygens (including phenoxy) is 1. The molecule has 1 fully saturated rings. The Morgan fingerprint density at radius 2 is 2.44 bits per heavy atom. The van der Waals surface area contributed by atoms with Gasteiger partial charge in [-0.05, 0) is 20.3 Å². The topological polar surface area (TPSA) is 41.6 Å². The molecule has 0 saturated carbocycles. The van der Waals surface area contributed by atoms with Gasteiger partial charge in [-0.25, -0.2) is 4.79 Å². The van der Waals surface area contributed by atoms with Crippen molar-refractivity contribution in [2.45, 2.75) is 38.8 Å². The first-order valence-corrected chi connectivity index (χ1v) is 5.82. The standard InChI is InChI=1S/C12H22N2O2/c1-5-10(3)13-11(15)14-7-8-16-12(4,6-2)9-14/h5,10H,1,6-9H2,2-4H3,(H,13,15)/t10-,12+/m0/s1.